The van der Waals surface area contributed by atoms with Crippen LogP contribution in [0.1, 0.15) is 17.2 Å². The molecule has 0 fully saturated rings. The zero-order valence-electron chi connectivity index (χ0n) is 11.9. The van der Waals surface area contributed by atoms with Gasteiger partial charge in [-0.1, -0.05) is 24.3 Å². The first kappa shape index (κ1) is 14.6. The van der Waals surface area contributed by atoms with Crippen LogP contribution in [0.15, 0.2) is 52.3 Å². The summed E-state index contributed by atoms with van der Waals surface area (Å²) in [7, 11) is 3.68. The van der Waals surface area contributed by atoms with Gasteiger partial charge in [0.15, 0.2) is 0 Å². The van der Waals surface area contributed by atoms with Gasteiger partial charge in [-0.05, 0) is 63.1 Å². The minimum absolute atomic E-state index is 0.170. The molecule has 1 aromatic heterocycles. The van der Waals surface area contributed by atoms with Crippen molar-refractivity contribution in [1.29, 1.82) is 0 Å². The second-order valence-electron chi connectivity index (χ2n) is 4.80. The SMILES string of the molecule is CNC(c1ccc(OC)c(Br)c1)c1csc2ccccc12. The Hall–Kier alpha value is -1.36. The highest BCUT2D eigenvalue weighted by molar-refractivity contribution is 9.10. The van der Waals surface area contributed by atoms with Gasteiger partial charge in [0.05, 0.1) is 17.6 Å². The van der Waals surface area contributed by atoms with Gasteiger partial charge in [0.1, 0.15) is 5.75 Å². The number of fused-ring (bicyclic) bond motifs is 1. The lowest BCUT2D eigenvalue weighted by Gasteiger charge is -2.17. The van der Waals surface area contributed by atoms with E-state index in [4.69, 9.17) is 4.74 Å². The van der Waals surface area contributed by atoms with Crippen LogP contribution in [-0.2, 0) is 0 Å². The van der Waals surface area contributed by atoms with Crippen molar-refractivity contribution in [3.63, 3.8) is 0 Å². The molecule has 0 aliphatic heterocycles. The van der Waals surface area contributed by atoms with Crippen LogP contribution in [0.2, 0.25) is 0 Å². The van der Waals surface area contributed by atoms with Gasteiger partial charge >= 0.3 is 0 Å². The fourth-order valence-electron chi connectivity index (χ4n) is 2.59. The van der Waals surface area contributed by atoms with E-state index in [0.717, 1.165) is 10.2 Å². The summed E-state index contributed by atoms with van der Waals surface area (Å²) >= 11 is 5.36. The normalized spacial score (nSPS) is 12.5. The Morgan fingerprint density at radius 1 is 1.19 bits per heavy atom. The first-order chi connectivity index (χ1) is 10.2. The lowest BCUT2D eigenvalue weighted by Crippen LogP contribution is -2.17. The molecule has 3 aromatic rings. The number of thiophene rings is 1. The molecule has 0 saturated carbocycles. The molecule has 0 bridgehead atoms. The van der Waals surface area contributed by atoms with Crippen LogP contribution in [0.5, 0.6) is 5.75 Å². The van der Waals surface area contributed by atoms with Gasteiger partial charge in [0.2, 0.25) is 0 Å². The molecule has 4 heteroatoms. The van der Waals surface area contributed by atoms with E-state index in [1.54, 1.807) is 18.4 Å². The molecule has 3 rings (SSSR count). The summed E-state index contributed by atoms with van der Waals surface area (Å²) in [5.74, 6) is 0.851. The Labute approximate surface area is 136 Å². The molecule has 2 aromatic carbocycles. The molecule has 0 saturated heterocycles. The Morgan fingerprint density at radius 2 is 2.00 bits per heavy atom. The molecular formula is C17H16BrNOS. The van der Waals surface area contributed by atoms with Crippen molar-refractivity contribution in [2.75, 3.05) is 14.2 Å². The van der Waals surface area contributed by atoms with Crippen molar-refractivity contribution < 1.29 is 4.74 Å². The van der Waals surface area contributed by atoms with Gasteiger partial charge in [-0.25, -0.2) is 0 Å². The highest BCUT2D eigenvalue weighted by Gasteiger charge is 2.17. The Morgan fingerprint density at radius 3 is 2.71 bits per heavy atom. The Kier molecular flexibility index (Phi) is 4.29. The van der Waals surface area contributed by atoms with E-state index >= 15 is 0 Å². The number of nitrogens with one attached hydrogen (secondary N) is 1. The maximum atomic E-state index is 5.31. The topological polar surface area (TPSA) is 21.3 Å². The lowest BCUT2D eigenvalue weighted by molar-refractivity contribution is 0.412. The smallest absolute Gasteiger partial charge is 0.133 e. The summed E-state index contributed by atoms with van der Waals surface area (Å²) < 4.78 is 7.60. The number of ether oxygens (including phenoxy) is 1. The van der Waals surface area contributed by atoms with Gasteiger partial charge in [-0.15, -0.1) is 11.3 Å². The van der Waals surface area contributed by atoms with Crippen LogP contribution in [0.25, 0.3) is 10.1 Å². The maximum absolute atomic E-state index is 5.31. The average molecular weight is 362 g/mol. The molecule has 1 atom stereocenters. The second-order valence-corrected chi connectivity index (χ2v) is 6.57. The van der Waals surface area contributed by atoms with Crippen molar-refractivity contribution >= 4 is 37.4 Å². The number of hydrogen-bond acceptors (Lipinski definition) is 3. The summed E-state index contributed by atoms with van der Waals surface area (Å²) in [4.78, 5) is 0. The van der Waals surface area contributed by atoms with E-state index < -0.39 is 0 Å². The van der Waals surface area contributed by atoms with Crippen LogP contribution >= 0.6 is 27.3 Å². The number of benzene rings is 2. The third-order valence-electron chi connectivity index (χ3n) is 3.62. The minimum Gasteiger partial charge on any atom is -0.496 e. The zero-order chi connectivity index (χ0) is 14.8. The van der Waals surface area contributed by atoms with Gasteiger partial charge in [-0.3, -0.25) is 0 Å². The van der Waals surface area contributed by atoms with E-state index in [2.05, 4.69) is 63.0 Å². The van der Waals surface area contributed by atoms with Crippen molar-refractivity contribution in [1.82, 2.24) is 5.32 Å². The van der Waals surface area contributed by atoms with Crippen LogP contribution in [-0.4, -0.2) is 14.2 Å². The Balaban J connectivity index is 2.08. The number of hydrogen-bond donors (Lipinski definition) is 1. The van der Waals surface area contributed by atoms with Gasteiger partial charge in [0, 0.05) is 4.70 Å². The summed E-state index contributed by atoms with van der Waals surface area (Å²) in [6, 6.07) is 14.9. The average Bonchev–Trinajstić information content (AvgIpc) is 2.93. The molecule has 0 aliphatic rings. The van der Waals surface area contributed by atoms with E-state index in [1.165, 1.54) is 21.2 Å². The molecule has 108 valence electrons. The molecular weight excluding hydrogens is 346 g/mol. The maximum Gasteiger partial charge on any atom is 0.133 e. The predicted molar refractivity (Wildman–Crippen MR) is 93.4 cm³/mol. The first-order valence-electron chi connectivity index (χ1n) is 6.71. The molecule has 0 spiro atoms. The molecule has 1 heterocycles. The number of rotatable bonds is 4. The summed E-state index contributed by atoms with van der Waals surface area (Å²) in [5, 5.41) is 6.98. The molecule has 1 N–H and O–H groups in total. The third kappa shape index (κ3) is 2.71. The highest BCUT2D eigenvalue weighted by atomic mass is 79.9. The molecule has 1 unspecified atom stereocenters. The van der Waals surface area contributed by atoms with E-state index in [9.17, 15) is 0 Å². The van der Waals surface area contributed by atoms with E-state index in [1.807, 2.05) is 13.1 Å². The van der Waals surface area contributed by atoms with E-state index in [0.29, 0.717) is 0 Å². The molecule has 0 amide bonds. The summed E-state index contributed by atoms with van der Waals surface area (Å²) in [6.45, 7) is 0. The lowest BCUT2D eigenvalue weighted by atomic mass is 9.98. The monoisotopic (exact) mass is 361 g/mol. The molecule has 2 nitrogen and oxygen atoms in total. The van der Waals surface area contributed by atoms with Crippen molar-refractivity contribution in [2.24, 2.45) is 0 Å². The van der Waals surface area contributed by atoms with E-state index in [-0.39, 0.29) is 6.04 Å². The van der Waals surface area contributed by atoms with Gasteiger partial charge in [-0.2, -0.15) is 0 Å². The quantitative estimate of drug-likeness (QED) is 0.707. The standard InChI is InChI=1S/C17H16BrNOS/c1-19-17(11-7-8-15(20-2)14(18)9-11)13-10-21-16-6-4-3-5-12(13)16/h3-10,17,19H,1-2H3. The number of halogens is 1. The molecule has 0 aliphatic carbocycles. The van der Waals surface area contributed by atoms with Crippen LogP contribution < -0.4 is 10.1 Å². The van der Waals surface area contributed by atoms with Gasteiger partial charge < -0.3 is 10.1 Å². The minimum atomic E-state index is 0.170. The van der Waals surface area contributed by atoms with Gasteiger partial charge in [0.25, 0.3) is 0 Å². The fourth-order valence-corrected chi connectivity index (χ4v) is 4.13. The fraction of sp³-hybridized carbons (Fsp3) is 0.176. The summed E-state index contributed by atoms with van der Waals surface area (Å²) in [6.07, 6.45) is 0. The second kappa shape index (κ2) is 6.18. The van der Waals surface area contributed by atoms with Crippen LogP contribution in [0, 0.1) is 0 Å². The van der Waals surface area contributed by atoms with Crippen molar-refractivity contribution in [2.45, 2.75) is 6.04 Å². The zero-order valence-corrected chi connectivity index (χ0v) is 14.3. The molecule has 0 radical (unpaired) electrons. The largest absolute Gasteiger partial charge is 0.496 e. The van der Waals surface area contributed by atoms with Crippen LogP contribution in [0.3, 0.4) is 0 Å². The first-order valence-corrected chi connectivity index (χ1v) is 8.38. The predicted octanol–water partition coefficient (Wildman–Crippen LogP) is 4.98. The third-order valence-corrected chi connectivity index (χ3v) is 5.22. The van der Waals surface area contributed by atoms with Crippen molar-refractivity contribution in [3.8, 4) is 5.75 Å². The Bertz CT molecular complexity index is 768. The van der Waals surface area contributed by atoms with Crippen LogP contribution in [0.4, 0.5) is 0 Å². The summed E-state index contributed by atoms with van der Waals surface area (Å²) in [5.41, 5.74) is 2.53. The molecule has 21 heavy (non-hydrogen) atoms. The van der Waals surface area contributed by atoms with Crippen molar-refractivity contribution in [3.05, 3.63) is 63.4 Å². The number of methoxy groups -OCH3 is 1. The highest BCUT2D eigenvalue weighted by Crippen LogP contribution is 2.35.